The maximum atomic E-state index is 11.5. The molecule has 1 aliphatic carbocycles. The number of carbonyl (C=O) groups is 1. The van der Waals surface area contributed by atoms with Crippen molar-refractivity contribution in [1.29, 1.82) is 0 Å². The summed E-state index contributed by atoms with van der Waals surface area (Å²) < 4.78 is 11.5. The van der Waals surface area contributed by atoms with E-state index in [1.54, 1.807) is 6.26 Å². The van der Waals surface area contributed by atoms with Gasteiger partial charge in [0.15, 0.2) is 4.90 Å². The van der Waals surface area contributed by atoms with Gasteiger partial charge >= 0.3 is 5.97 Å². The smallest absolute Gasteiger partial charge is 0.307 e. The van der Waals surface area contributed by atoms with E-state index in [-0.39, 0.29) is 6.42 Å². The highest BCUT2D eigenvalue weighted by atomic mass is 32.2. The molecule has 0 aromatic heterocycles. The average Bonchev–Trinajstić information content (AvgIpc) is 2.80. The molecule has 128 valence electrons. The van der Waals surface area contributed by atoms with E-state index in [9.17, 15) is 14.5 Å². The van der Waals surface area contributed by atoms with Crippen molar-refractivity contribution in [3.63, 3.8) is 0 Å². The van der Waals surface area contributed by atoms with Gasteiger partial charge in [-0.2, -0.15) is 0 Å². The van der Waals surface area contributed by atoms with Crippen LogP contribution >= 0.6 is 12.6 Å². The molecular weight excluding hydrogens is 352 g/mol. The number of benzene rings is 2. The number of fused-ring (bicyclic) bond motifs is 1. The summed E-state index contributed by atoms with van der Waals surface area (Å²) in [6.07, 6.45) is 3.69. The van der Waals surface area contributed by atoms with Gasteiger partial charge in [0.05, 0.1) is 6.42 Å². The van der Waals surface area contributed by atoms with Crippen molar-refractivity contribution < 1.29 is 14.5 Å². The number of aliphatic carboxylic acids is 1. The zero-order chi connectivity index (χ0) is 18.1. The number of carboxylic acid groups (broad SMARTS) is 1. The van der Waals surface area contributed by atoms with Gasteiger partial charge in [0.25, 0.3) is 0 Å². The lowest BCUT2D eigenvalue weighted by Crippen LogP contribution is -1.96. The van der Waals surface area contributed by atoms with Crippen LogP contribution in [0.3, 0.4) is 0 Å². The van der Waals surface area contributed by atoms with E-state index >= 15 is 0 Å². The Labute approximate surface area is 155 Å². The van der Waals surface area contributed by atoms with Crippen molar-refractivity contribution in [2.45, 2.75) is 23.1 Å². The van der Waals surface area contributed by atoms with Crippen LogP contribution in [0.5, 0.6) is 0 Å². The molecule has 0 fully saturated rings. The second-order valence-corrected chi connectivity index (χ2v) is 7.88. The molecule has 1 atom stereocenters. The molecule has 25 heavy (non-hydrogen) atoms. The van der Waals surface area contributed by atoms with E-state index in [1.165, 1.54) is 0 Å². The second kappa shape index (κ2) is 7.12. The van der Waals surface area contributed by atoms with Crippen molar-refractivity contribution >= 4 is 47.0 Å². The van der Waals surface area contributed by atoms with Crippen LogP contribution in [0.25, 0.3) is 17.2 Å². The summed E-state index contributed by atoms with van der Waals surface area (Å²) in [6, 6.07) is 13.3. The first kappa shape index (κ1) is 17.9. The van der Waals surface area contributed by atoms with Gasteiger partial charge in [-0.15, -0.1) is 12.6 Å². The molecule has 2 aromatic carbocycles. The largest absolute Gasteiger partial charge is 0.612 e. The molecule has 1 N–H and O–H groups in total. The Bertz CT molecular complexity index is 894. The summed E-state index contributed by atoms with van der Waals surface area (Å²) in [5, 5.41) is 9.23. The fourth-order valence-corrected chi connectivity index (χ4v) is 3.80. The van der Waals surface area contributed by atoms with Crippen LogP contribution in [0.4, 0.5) is 0 Å². The predicted octanol–water partition coefficient (Wildman–Crippen LogP) is 4.52. The molecule has 0 saturated carbocycles. The van der Waals surface area contributed by atoms with Gasteiger partial charge in [-0.05, 0) is 94.0 Å². The molecule has 0 spiro atoms. The minimum atomic E-state index is -1.01. The van der Waals surface area contributed by atoms with Crippen LogP contribution < -0.4 is 0 Å². The summed E-state index contributed by atoms with van der Waals surface area (Å²) >= 11 is 3.41. The highest BCUT2D eigenvalue weighted by Gasteiger charge is 2.25. The number of hydrogen-bond donors (Lipinski definition) is 2. The minimum Gasteiger partial charge on any atom is -0.612 e. The van der Waals surface area contributed by atoms with E-state index in [1.807, 2.05) is 55.5 Å². The van der Waals surface area contributed by atoms with Gasteiger partial charge < -0.3 is 9.66 Å². The van der Waals surface area contributed by atoms with Crippen LogP contribution in [-0.4, -0.2) is 21.9 Å². The molecule has 0 saturated heterocycles. The zero-order valence-electron chi connectivity index (χ0n) is 13.9. The molecule has 3 rings (SSSR count). The number of hydrogen-bond acceptors (Lipinski definition) is 3. The normalized spacial score (nSPS) is 16.2. The monoisotopic (exact) mass is 370 g/mol. The Hall–Kier alpha value is -1.95. The first-order valence-corrected chi connectivity index (χ1v) is 9.78. The molecule has 0 amide bonds. The third-order valence-corrected chi connectivity index (χ3v) is 5.54. The SMILES string of the molecule is CC1=C(CC(=O)O)c2ccc(S)cc2C1=Cc1ccc([S+](C)[O-])cc1. The zero-order valence-corrected chi connectivity index (χ0v) is 15.7. The number of carboxylic acids is 1. The minimum absolute atomic E-state index is 0.00412. The van der Waals surface area contributed by atoms with Crippen LogP contribution in [-0.2, 0) is 16.0 Å². The van der Waals surface area contributed by atoms with Crippen LogP contribution in [0, 0.1) is 0 Å². The average molecular weight is 370 g/mol. The lowest BCUT2D eigenvalue weighted by atomic mass is 10.0. The molecule has 0 radical (unpaired) electrons. The Kier molecular flexibility index (Phi) is 5.08. The Balaban J connectivity index is 2.09. The summed E-state index contributed by atoms with van der Waals surface area (Å²) in [7, 11) is 0. The molecule has 0 heterocycles. The predicted molar refractivity (Wildman–Crippen MR) is 105 cm³/mol. The number of thiol groups is 1. The van der Waals surface area contributed by atoms with E-state index in [4.69, 9.17) is 0 Å². The third kappa shape index (κ3) is 3.68. The standard InChI is InChI=1S/C20H18O3S2/c1-12-17(9-13-3-6-15(7-4-13)25(2)23)19-10-14(24)5-8-16(19)18(12)11-20(21)22/h3-10,24H,11H2,1-2H3,(H,21,22). The fraction of sp³-hybridized carbons (Fsp3) is 0.150. The van der Waals surface area contributed by atoms with Gasteiger partial charge in [-0.1, -0.05) is 6.07 Å². The summed E-state index contributed by atoms with van der Waals surface area (Å²) in [5.41, 5.74) is 5.76. The Morgan fingerprint density at radius 3 is 2.48 bits per heavy atom. The third-order valence-electron chi connectivity index (χ3n) is 4.33. The van der Waals surface area contributed by atoms with Crippen molar-refractivity contribution in [3.05, 3.63) is 64.7 Å². The lowest BCUT2D eigenvalue weighted by Gasteiger charge is -2.07. The molecule has 1 aliphatic rings. The van der Waals surface area contributed by atoms with Crippen molar-refractivity contribution in [2.24, 2.45) is 0 Å². The molecule has 0 aliphatic heterocycles. The number of allylic oxidation sites excluding steroid dienone is 2. The van der Waals surface area contributed by atoms with Gasteiger partial charge in [-0.3, -0.25) is 4.79 Å². The first-order chi connectivity index (χ1) is 11.9. The quantitative estimate of drug-likeness (QED) is 0.615. The highest BCUT2D eigenvalue weighted by Crippen LogP contribution is 2.44. The van der Waals surface area contributed by atoms with E-state index in [0.29, 0.717) is 0 Å². The van der Waals surface area contributed by atoms with Crippen LogP contribution in [0.15, 0.2) is 57.8 Å². The van der Waals surface area contributed by atoms with Crippen LogP contribution in [0.1, 0.15) is 30.0 Å². The lowest BCUT2D eigenvalue weighted by molar-refractivity contribution is -0.135. The van der Waals surface area contributed by atoms with Gasteiger partial charge in [0.1, 0.15) is 6.26 Å². The second-order valence-electron chi connectivity index (χ2n) is 5.99. The number of rotatable bonds is 4. The van der Waals surface area contributed by atoms with E-state index in [0.717, 1.165) is 43.2 Å². The van der Waals surface area contributed by atoms with E-state index in [2.05, 4.69) is 12.6 Å². The summed E-state index contributed by atoms with van der Waals surface area (Å²) in [4.78, 5) is 12.9. The van der Waals surface area contributed by atoms with Crippen LogP contribution in [0.2, 0.25) is 0 Å². The maximum Gasteiger partial charge on any atom is 0.307 e. The molecular formula is C20H18O3S2. The fourth-order valence-electron chi connectivity index (χ4n) is 3.07. The maximum absolute atomic E-state index is 11.5. The molecule has 0 bridgehead atoms. The Morgan fingerprint density at radius 1 is 1.20 bits per heavy atom. The molecule has 1 unspecified atom stereocenters. The highest BCUT2D eigenvalue weighted by molar-refractivity contribution is 7.90. The van der Waals surface area contributed by atoms with Gasteiger partial charge in [0.2, 0.25) is 0 Å². The van der Waals surface area contributed by atoms with Gasteiger partial charge in [-0.25, -0.2) is 0 Å². The van der Waals surface area contributed by atoms with Gasteiger partial charge in [0, 0.05) is 4.90 Å². The van der Waals surface area contributed by atoms with Crippen molar-refractivity contribution in [1.82, 2.24) is 0 Å². The summed E-state index contributed by atoms with van der Waals surface area (Å²) in [6.45, 7) is 1.96. The molecule has 5 heteroatoms. The topological polar surface area (TPSA) is 60.4 Å². The summed E-state index contributed by atoms with van der Waals surface area (Å²) in [5.74, 6) is -0.841. The Morgan fingerprint density at radius 2 is 1.88 bits per heavy atom. The van der Waals surface area contributed by atoms with E-state index < -0.39 is 17.1 Å². The van der Waals surface area contributed by atoms with Crippen molar-refractivity contribution in [2.75, 3.05) is 6.26 Å². The molecule has 3 nitrogen and oxygen atoms in total. The van der Waals surface area contributed by atoms with Crippen molar-refractivity contribution in [3.8, 4) is 0 Å². The molecule has 2 aromatic rings. The first-order valence-electron chi connectivity index (χ1n) is 7.77.